The summed E-state index contributed by atoms with van der Waals surface area (Å²) >= 11 is 3.37. The maximum Gasteiger partial charge on any atom is 0.321 e. The summed E-state index contributed by atoms with van der Waals surface area (Å²) in [5.41, 5.74) is 1.30. The number of halogens is 1. The summed E-state index contributed by atoms with van der Waals surface area (Å²) in [6.45, 7) is 1.68. The van der Waals surface area contributed by atoms with Gasteiger partial charge in [-0.15, -0.1) is 0 Å². The molecule has 3 rings (SSSR count). The van der Waals surface area contributed by atoms with E-state index in [2.05, 4.69) is 35.9 Å². The average Bonchev–Trinajstić information content (AvgIpc) is 2.78. The average molecular weight is 537 g/mol. The molecular formula is C21H21BrN4O6S. The van der Waals surface area contributed by atoms with Crippen LogP contribution >= 0.6 is 15.9 Å². The van der Waals surface area contributed by atoms with E-state index in [1.54, 1.807) is 6.07 Å². The van der Waals surface area contributed by atoms with E-state index < -0.39 is 10.0 Å². The van der Waals surface area contributed by atoms with Crippen molar-refractivity contribution in [2.45, 2.75) is 11.8 Å². The highest BCUT2D eigenvalue weighted by atomic mass is 79.9. The SMILES string of the molecule is COc1cc(NS(=O)(=O)c2ccc(NC(=O)COc3ccc(Br)cc3C)cc2)nc(OC)n1. The van der Waals surface area contributed by atoms with Crippen molar-refractivity contribution < 1.29 is 27.4 Å². The number of hydrogen-bond donors (Lipinski definition) is 2. The summed E-state index contributed by atoms with van der Waals surface area (Å²) in [5.74, 6) is 0.333. The number of aromatic nitrogens is 2. The van der Waals surface area contributed by atoms with E-state index in [0.717, 1.165) is 10.0 Å². The van der Waals surface area contributed by atoms with Gasteiger partial charge >= 0.3 is 6.01 Å². The zero-order valence-electron chi connectivity index (χ0n) is 18.0. The van der Waals surface area contributed by atoms with Crippen molar-refractivity contribution in [1.29, 1.82) is 0 Å². The molecular weight excluding hydrogens is 516 g/mol. The molecule has 174 valence electrons. The lowest BCUT2D eigenvalue weighted by molar-refractivity contribution is -0.118. The number of carbonyl (C=O) groups is 1. The zero-order valence-corrected chi connectivity index (χ0v) is 20.4. The molecule has 2 N–H and O–H groups in total. The molecule has 0 aliphatic carbocycles. The fourth-order valence-corrected chi connectivity index (χ4v) is 4.15. The van der Waals surface area contributed by atoms with Gasteiger partial charge in [0, 0.05) is 16.2 Å². The predicted octanol–water partition coefficient (Wildman–Crippen LogP) is 3.38. The molecule has 0 aliphatic heterocycles. The van der Waals surface area contributed by atoms with Gasteiger partial charge in [-0.2, -0.15) is 9.97 Å². The van der Waals surface area contributed by atoms with Crippen LogP contribution in [-0.2, 0) is 14.8 Å². The molecule has 10 nitrogen and oxygen atoms in total. The third kappa shape index (κ3) is 6.56. The lowest BCUT2D eigenvalue weighted by atomic mass is 10.2. The van der Waals surface area contributed by atoms with Crippen LogP contribution in [0.25, 0.3) is 0 Å². The monoisotopic (exact) mass is 536 g/mol. The molecule has 0 bridgehead atoms. The molecule has 2 aromatic carbocycles. The molecule has 0 unspecified atom stereocenters. The highest BCUT2D eigenvalue weighted by Gasteiger charge is 2.17. The van der Waals surface area contributed by atoms with Crippen molar-refractivity contribution in [2.24, 2.45) is 0 Å². The molecule has 0 saturated carbocycles. The Morgan fingerprint density at radius 1 is 1.03 bits per heavy atom. The molecule has 0 aliphatic rings. The molecule has 0 radical (unpaired) electrons. The number of carbonyl (C=O) groups excluding carboxylic acids is 1. The first-order valence-electron chi connectivity index (χ1n) is 9.49. The van der Waals surface area contributed by atoms with Gasteiger partial charge in [0.15, 0.2) is 12.4 Å². The van der Waals surface area contributed by atoms with Gasteiger partial charge in [0.25, 0.3) is 15.9 Å². The summed E-state index contributed by atoms with van der Waals surface area (Å²) < 4.78 is 44.1. The van der Waals surface area contributed by atoms with E-state index in [4.69, 9.17) is 14.2 Å². The molecule has 33 heavy (non-hydrogen) atoms. The number of benzene rings is 2. The Balaban J connectivity index is 1.63. The van der Waals surface area contributed by atoms with E-state index in [1.165, 1.54) is 44.6 Å². The quantitative estimate of drug-likeness (QED) is 0.425. The fourth-order valence-electron chi connectivity index (χ4n) is 2.68. The fraction of sp³-hybridized carbons (Fsp3) is 0.190. The number of aryl methyl sites for hydroxylation is 1. The van der Waals surface area contributed by atoms with Gasteiger partial charge in [-0.3, -0.25) is 9.52 Å². The van der Waals surface area contributed by atoms with E-state index in [-0.39, 0.29) is 35.1 Å². The van der Waals surface area contributed by atoms with Crippen molar-refractivity contribution in [2.75, 3.05) is 30.9 Å². The second-order valence-electron chi connectivity index (χ2n) is 6.66. The third-order valence-corrected chi connectivity index (χ3v) is 6.12. The number of nitrogens with zero attached hydrogens (tertiary/aromatic N) is 2. The van der Waals surface area contributed by atoms with Crippen LogP contribution in [0.4, 0.5) is 11.5 Å². The van der Waals surface area contributed by atoms with Crippen LogP contribution in [0.3, 0.4) is 0 Å². The number of ether oxygens (including phenoxy) is 3. The van der Waals surface area contributed by atoms with E-state index >= 15 is 0 Å². The van der Waals surface area contributed by atoms with Crippen LogP contribution in [0.15, 0.2) is 57.9 Å². The number of sulfonamides is 1. The zero-order chi connectivity index (χ0) is 24.0. The molecule has 1 aromatic heterocycles. The van der Waals surface area contributed by atoms with Crippen LogP contribution < -0.4 is 24.2 Å². The van der Waals surface area contributed by atoms with Gasteiger partial charge in [0.05, 0.1) is 19.1 Å². The number of methoxy groups -OCH3 is 2. The predicted molar refractivity (Wildman–Crippen MR) is 125 cm³/mol. The van der Waals surface area contributed by atoms with Crippen LogP contribution in [0.2, 0.25) is 0 Å². The van der Waals surface area contributed by atoms with Crippen molar-refractivity contribution in [3.05, 3.63) is 58.6 Å². The first-order valence-corrected chi connectivity index (χ1v) is 11.8. The molecule has 1 heterocycles. The Hall–Kier alpha value is -3.38. The summed E-state index contributed by atoms with van der Waals surface area (Å²) in [6.07, 6.45) is 0. The van der Waals surface area contributed by atoms with Crippen molar-refractivity contribution >= 4 is 43.4 Å². The maximum atomic E-state index is 12.7. The molecule has 0 saturated heterocycles. The second-order valence-corrected chi connectivity index (χ2v) is 9.26. The van der Waals surface area contributed by atoms with E-state index in [9.17, 15) is 13.2 Å². The molecule has 0 atom stereocenters. The minimum absolute atomic E-state index is 0.0172. The van der Waals surface area contributed by atoms with Gasteiger partial charge in [-0.25, -0.2) is 8.42 Å². The number of nitrogens with one attached hydrogen (secondary N) is 2. The van der Waals surface area contributed by atoms with Crippen LogP contribution in [0.1, 0.15) is 5.56 Å². The molecule has 0 spiro atoms. The van der Waals surface area contributed by atoms with Gasteiger partial charge in [-0.05, 0) is 55.0 Å². The first kappa shape index (κ1) is 24.3. The van der Waals surface area contributed by atoms with E-state index in [1.807, 2.05) is 19.1 Å². The Kier molecular flexibility index (Phi) is 7.71. The van der Waals surface area contributed by atoms with Gasteiger partial charge < -0.3 is 19.5 Å². The Labute approximate surface area is 199 Å². The molecule has 3 aromatic rings. The van der Waals surface area contributed by atoms with E-state index in [0.29, 0.717) is 11.4 Å². The van der Waals surface area contributed by atoms with Crippen molar-refractivity contribution in [1.82, 2.24) is 9.97 Å². The Bertz CT molecular complexity index is 1230. The maximum absolute atomic E-state index is 12.7. The standard InChI is InChI=1S/C21H21BrN4O6S/c1-13-10-14(22)4-9-17(13)32-12-19(27)23-15-5-7-16(8-6-15)33(28,29)26-18-11-20(30-2)25-21(24-18)31-3/h4-11H,12H2,1-3H3,(H,23,27)(H,24,25,26). The largest absolute Gasteiger partial charge is 0.483 e. The summed E-state index contributed by atoms with van der Waals surface area (Å²) in [5, 5.41) is 2.66. The molecule has 12 heteroatoms. The summed E-state index contributed by atoms with van der Waals surface area (Å²) in [6, 6.07) is 12.4. The van der Waals surface area contributed by atoms with Crippen LogP contribution in [0.5, 0.6) is 17.6 Å². The topological polar surface area (TPSA) is 129 Å². The number of anilines is 2. The van der Waals surface area contributed by atoms with Gasteiger partial charge in [0.1, 0.15) is 5.75 Å². The molecule has 1 amide bonds. The number of amides is 1. The van der Waals surface area contributed by atoms with Crippen molar-refractivity contribution in [3.8, 4) is 17.6 Å². The Morgan fingerprint density at radius 3 is 2.39 bits per heavy atom. The number of hydrogen-bond acceptors (Lipinski definition) is 8. The number of rotatable bonds is 9. The van der Waals surface area contributed by atoms with Gasteiger partial charge in [-0.1, -0.05) is 15.9 Å². The molecule has 0 fully saturated rings. The minimum atomic E-state index is -3.96. The summed E-state index contributed by atoms with van der Waals surface area (Å²) in [4.78, 5) is 20.0. The third-order valence-electron chi connectivity index (χ3n) is 4.26. The second kappa shape index (κ2) is 10.5. The lowest BCUT2D eigenvalue weighted by Gasteiger charge is -2.11. The smallest absolute Gasteiger partial charge is 0.321 e. The lowest BCUT2D eigenvalue weighted by Crippen LogP contribution is -2.20. The normalized spacial score (nSPS) is 10.9. The summed E-state index contributed by atoms with van der Waals surface area (Å²) in [7, 11) is -1.22. The van der Waals surface area contributed by atoms with Crippen molar-refractivity contribution in [3.63, 3.8) is 0 Å². The van der Waals surface area contributed by atoms with Crippen LogP contribution in [0, 0.1) is 6.92 Å². The van der Waals surface area contributed by atoms with Crippen LogP contribution in [-0.4, -0.2) is 45.1 Å². The highest BCUT2D eigenvalue weighted by Crippen LogP contribution is 2.23. The first-order chi connectivity index (χ1) is 15.7. The highest BCUT2D eigenvalue weighted by molar-refractivity contribution is 9.10. The Morgan fingerprint density at radius 2 is 1.76 bits per heavy atom. The minimum Gasteiger partial charge on any atom is -0.483 e. The van der Waals surface area contributed by atoms with Gasteiger partial charge in [0.2, 0.25) is 5.88 Å².